The lowest BCUT2D eigenvalue weighted by Crippen LogP contribution is -2.31. The van der Waals surface area contributed by atoms with E-state index >= 15 is 0 Å². The molecule has 8 nitrogen and oxygen atoms in total. The van der Waals surface area contributed by atoms with Crippen molar-refractivity contribution in [2.24, 2.45) is 5.92 Å². The van der Waals surface area contributed by atoms with Crippen LogP contribution in [0, 0.1) is 5.92 Å². The van der Waals surface area contributed by atoms with Crippen molar-refractivity contribution in [1.82, 2.24) is 15.0 Å². The predicted octanol–water partition coefficient (Wildman–Crippen LogP) is 7.45. The van der Waals surface area contributed by atoms with Gasteiger partial charge >= 0.3 is 0 Å². The number of benzene rings is 2. The third-order valence-electron chi connectivity index (χ3n) is 8.89. The van der Waals surface area contributed by atoms with Gasteiger partial charge in [0.25, 0.3) is 5.91 Å². The normalized spacial score (nSPS) is 18.7. The molecule has 218 valence electrons. The zero-order valence-corrected chi connectivity index (χ0v) is 24.2. The molecule has 1 aliphatic carbocycles. The Bertz CT molecular complexity index is 1930. The second-order valence-electron chi connectivity index (χ2n) is 11.8. The first-order valence-electron chi connectivity index (χ1n) is 15.3. The number of hydrogen-bond acceptors (Lipinski definition) is 7. The van der Waals surface area contributed by atoms with Crippen molar-refractivity contribution in [2.75, 3.05) is 22.6 Å². The fourth-order valence-corrected chi connectivity index (χ4v) is 6.56. The molecule has 6 heterocycles. The number of carbonyl (C=O) groups excluding carboxylic acids is 1. The van der Waals surface area contributed by atoms with Gasteiger partial charge in [0.05, 0.1) is 18.2 Å². The largest absolute Gasteiger partial charge is 0.374 e. The van der Waals surface area contributed by atoms with E-state index < -0.39 is 0 Å². The second kappa shape index (κ2) is 11.2. The van der Waals surface area contributed by atoms with Crippen molar-refractivity contribution >= 4 is 51.0 Å². The standard InChI is InChI=1S/C36H32N6O2/c43-36(42-35-18-34-25(20-39-35)5-1-4-24-19-37-13-11-31(24)41-34)23-3-2-6-27(15-23)40-33-12-14-38-32-10-8-22(16-30(32)33)29-17-28-9-7-26(29)21-44-28/h2-3,6,8,10-20,26,28,41H,1,4-5,7,9,21H2,(H,38,40)(H,39,42,43)/t26-,28-/m0/s1. The van der Waals surface area contributed by atoms with Crippen molar-refractivity contribution in [2.45, 2.75) is 38.2 Å². The summed E-state index contributed by atoms with van der Waals surface area (Å²) in [6.07, 6.45) is 15.0. The van der Waals surface area contributed by atoms with Gasteiger partial charge in [0.2, 0.25) is 0 Å². The number of aryl methyl sites for hydroxylation is 2. The summed E-state index contributed by atoms with van der Waals surface area (Å²) in [5.41, 5.74) is 10.1. The highest BCUT2D eigenvalue weighted by molar-refractivity contribution is 6.05. The first kappa shape index (κ1) is 26.5. The highest BCUT2D eigenvalue weighted by atomic mass is 16.5. The Morgan fingerprint density at radius 3 is 2.70 bits per heavy atom. The fourth-order valence-electron chi connectivity index (χ4n) is 6.56. The van der Waals surface area contributed by atoms with Gasteiger partial charge in [0.15, 0.2) is 0 Å². The highest BCUT2D eigenvalue weighted by Gasteiger charge is 2.30. The van der Waals surface area contributed by atoms with Crippen LogP contribution in [0.1, 0.15) is 46.3 Å². The number of amides is 1. The van der Waals surface area contributed by atoms with Gasteiger partial charge in [-0.05, 0) is 96.8 Å². The van der Waals surface area contributed by atoms with Gasteiger partial charge in [-0.3, -0.25) is 14.8 Å². The van der Waals surface area contributed by atoms with Crippen LogP contribution >= 0.6 is 0 Å². The zero-order chi connectivity index (χ0) is 29.5. The summed E-state index contributed by atoms with van der Waals surface area (Å²) in [4.78, 5) is 26.8. The number of anilines is 5. The van der Waals surface area contributed by atoms with E-state index in [4.69, 9.17) is 4.74 Å². The van der Waals surface area contributed by atoms with Gasteiger partial charge < -0.3 is 20.7 Å². The molecule has 2 atom stereocenters. The van der Waals surface area contributed by atoms with Crippen LogP contribution in [-0.4, -0.2) is 33.6 Å². The van der Waals surface area contributed by atoms with Crippen molar-refractivity contribution in [3.63, 3.8) is 0 Å². The summed E-state index contributed by atoms with van der Waals surface area (Å²) >= 11 is 0. The van der Waals surface area contributed by atoms with Gasteiger partial charge in [0.1, 0.15) is 5.82 Å². The van der Waals surface area contributed by atoms with Gasteiger partial charge in [-0.1, -0.05) is 18.2 Å². The van der Waals surface area contributed by atoms with E-state index in [-0.39, 0.29) is 12.0 Å². The van der Waals surface area contributed by atoms with Crippen LogP contribution in [0.4, 0.5) is 28.6 Å². The van der Waals surface area contributed by atoms with Gasteiger partial charge in [0, 0.05) is 70.5 Å². The lowest BCUT2D eigenvalue weighted by Gasteiger charge is -2.35. The van der Waals surface area contributed by atoms with Crippen molar-refractivity contribution < 1.29 is 9.53 Å². The maximum Gasteiger partial charge on any atom is 0.256 e. The van der Waals surface area contributed by atoms with E-state index in [9.17, 15) is 4.79 Å². The molecule has 1 amide bonds. The first-order valence-corrected chi connectivity index (χ1v) is 15.3. The minimum absolute atomic E-state index is 0.222. The van der Waals surface area contributed by atoms with E-state index in [1.165, 1.54) is 23.1 Å². The zero-order valence-electron chi connectivity index (χ0n) is 24.2. The second-order valence-corrected chi connectivity index (χ2v) is 11.8. The predicted molar refractivity (Wildman–Crippen MR) is 174 cm³/mol. The van der Waals surface area contributed by atoms with Crippen molar-refractivity contribution in [3.8, 4) is 0 Å². The number of hydrogen-bond donors (Lipinski definition) is 3. The van der Waals surface area contributed by atoms with Crippen molar-refractivity contribution in [1.29, 1.82) is 0 Å². The number of fused-ring (bicyclic) bond motifs is 5. The van der Waals surface area contributed by atoms with Crippen LogP contribution in [0.15, 0.2) is 91.5 Å². The Morgan fingerprint density at radius 1 is 0.909 bits per heavy atom. The lowest BCUT2D eigenvalue weighted by atomic mass is 9.80. The van der Waals surface area contributed by atoms with Crippen LogP contribution in [0.25, 0.3) is 16.5 Å². The molecule has 44 heavy (non-hydrogen) atoms. The van der Waals surface area contributed by atoms with Gasteiger partial charge in [-0.15, -0.1) is 0 Å². The third-order valence-corrected chi connectivity index (χ3v) is 8.89. The summed E-state index contributed by atoms with van der Waals surface area (Å²) < 4.78 is 5.89. The number of nitrogens with one attached hydrogen (secondary N) is 3. The Morgan fingerprint density at radius 2 is 1.84 bits per heavy atom. The third kappa shape index (κ3) is 5.18. The lowest BCUT2D eigenvalue weighted by molar-refractivity contribution is 0.0162. The first-order chi connectivity index (χ1) is 21.7. The molecule has 8 heteroatoms. The van der Waals surface area contributed by atoms with E-state index in [1.54, 1.807) is 6.20 Å². The number of rotatable bonds is 5. The smallest absolute Gasteiger partial charge is 0.256 e. The molecule has 0 radical (unpaired) electrons. The number of nitrogens with zero attached hydrogens (tertiary/aromatic N) is 3. The molecule has 3 aliphatic heterocycles. The monoisotopic (exact) mass is 580 g/mol. The minimum atomic E-state index is -0.222. The van der Waals surface area contributed by atoms with Crippen LogP contribution in [0.2, 0.25) is 0 Å². The van der Waals surface area contributed by atoms with Crippen LogP contribution in [0.5, 0.6) is 0 Å². The maximum atomic E-state index is 13.4. The molecule has 1 saturated heterocycles. The summed E-state index contributed by atoms with van der Waals surface area (Å²) in [6.45, 7) is 0.796. The molecule has 2 bridgehead atoms. The molecule has 0 spiro atoms. The molecule has 0 saturated carbocycles. The molecular formula is C36H32N6O2. The van der Waals surface area contributed by atoms with Crippen LogP contribution < -0.4 is 16.0 Å². The number of aromatic nitrogens is 3. The van der Waals surface area contributed by atoms with E-state index in [0.29, 0.717) is 17.3 Å². The Labute approximate surface area is 255 Å². The minimum Gasteiger partial charge on any atom is -0.374 e. The number of pyridine rings is 3. The summed E-state index contributed by atoms with van der Waals surface area (Å²) in [5.74, 6) is 0.725. The molecule has 3 N–H and O–H groups in total. The average Bonchev–Trinajstić information content (AvgIpc) is 3.06. The van der Waals surface area contributed by atoms with E-state index in [0.717, 1.165) is 71.5 Å². The van der Waals surface area contributed by atoms with Gasteiger partial charge in [-0.25, -0.2) is 4.98 Å². The molecule has 4 aliphatic rings. The topological polar surface area (TPSA) is 101 Å². The average molecular weight is 581 g/mol. The van der Waals surface area contributed by atoms with Gasteiger partial charge in [-0.2, -0.15) is 0 Å². The molecular weight excluding hydrogens is 548 g/mol. The number of carbonyl (C=O) groups is 1. The van der Waals surface area contributed by atoms with E-state index in [1.807, 2.05) is 61.1 Å². The van der Waals surface area contributed by atoms with E-state index in [2.05, 4.69) is 55.2 Å². The molecule has 1 fully saturated rings. The SMILES string of the molecule is O=C(Nc1cc2c(cn1)CCCc1cnccc1N2)c1cccc(Nc2ccnc3ccc(C4=C[C@@H]5CC[C@H]4CO5)cc23)c1. The highest BCUT2D eigenvalue weighted by Crippen LogP contribution is 2.40. The van der Waals surface area contributed by atoms with Crippen LogP contribution in [-0.2, 0) is 17.6 Å². The summed E-state index contributed by atoms with van der Waals surface area (Å²) in [7, 11) is 0. The molecule has 0 unspecified atom stereocenters. The summed E-state index contributed by atoms with van der Waals surface area (Å²) in [5, 5.41) is 11.1. The summed E-state index contributed by atoms with van der Waals surface area (Å²) in [6, 6.07) is 19.9. The fraction of sp³-hybridized carbons (Fsp3) is 0.222. The van der Waals surface area contributed by atoms with Crippen molar-refractivity contribution in [3.05, 3.63) is 114 Å². The van der Waals surface area contributed by atoms with Crippen LogP contribution in [0.3, 0.4) is 0 Å². The Balaban J connectivity index is 1.03. The molecule has 9 rings (SSSR count). The Kier molecular flexibility index (Phi) is 6.76. The maximum absolute atomic E-state index is 13.4. The molecule has 2 aromatic carbocycles. The Hall–Kier alpha value is -5.08. The number of ether oxygens (including phenoxy) is 1. The molecule has 3 aromatic heterocycles. The molecule has 5 aromatic rings. The quantitative estimate of drug-likeness (QED) is 0.199.